The number of pyridine rings is 1. The summed E-state index contributed by atoms with van der Waals surface area (Å²) in [7, 11) is 0. The van der Waals surface area contributed by atoms with Gasteiger partial charge in [-0.3, -0.25) is 4.98 Å². The number of halogens is 1. The molecule has 3 rings (SSSR count). The molecule has 1 saturated carbocycles. The van der Waals surface area contributed by atoms with Crippen LogP contribution in [0, 0.1) is 12.8 Å². The number of rotatable bonds is 2. The molecule has 0 saturated heterocycles. The maximum atomic E-state index is 6.19. The Morgan fingerprint density at radius 3 is 2.80 bits per heavy atom. The second-order valence-electron chi connectivity index (χ2n) is 5.94. The van der Waals surface area contributed by atoms with Crippen LogP contribution >= 0.6 is 11.6 Å². The van der Waals surface area contributed by atoms with Crippen molar-refractivity contribution >= 4 is 28.2 Å². The van der Waals surface area contributed by atoms with Crippen molar-refractivity contribution in [2.24, 2.45) is 5.92 Å². The summed E-state index contributed by atoms with van der Waals surface area (Å²) in [5, 5.41) is 5.70. The number of nitrogens with zero attached hydrogens (tertiary/aromatic N) is 1. The van der Waals surface area contributed by atoms with Gasteiger partial charge in [0.05, 0.1) is 5.52 Å². The number of aryl methyl sites for hydroxylation is 1. The Bertz CT molecular complexity index is 624. The molecule has 1 aromatic heterocycles. The first kappa shape index (κ1) is 13.7. The lowest BCUT2D eigenvalue weighted by molar-refractivity contribution is 0.350. The van der Waals surface area contributed by atoms with Gasteiger partial charge in [-0.05, 0) is 49.4 Å². The highest BCUT2D eigenvalue weighted by atomic mass is 35.5. The number of hydrogen-bond acceptors (Lipinski definition) is 2. The van der Waals surface area contributed by atoms with Gasteiger partial charge in [-0.2, -0.15) is 0 Å². The minimum atomic E-state index is 0.574. The fraction of sp³-hybridized carbons (Fsp3) is 0.471. The molecule has 1 fully saturated rings. The molecule has 20 heavy (non-hydrogen) atoms. The Kier molecular flexibility index (Phi) is 3.84. The smallest absolute Gasteiger partial charge is 0.0766 e. The summed E-state index contributed by atoms with van der Waals surface area (Å²) in [5.74, 6) is 0.736. The van der Waals surface area contributed by atoms with Gasteiger partial charge in [-0.15, -0.1) is 0 Å². The van der Waals surface area contributed by atoms with Crippen LogP contribution in [0.1, 0.15) is 38.2 Å². The molecule has 0 bridgehead atoms. The zero-order valence-corrected chi connectivity index (χ0v) is 12.9. The molecule has 1 heterocycles. The second-order valence-corrected chi connectivity index (χ2v) is 6.35. The summed E-state index contributed by atoms with van der Waals surface area (Å²) in [6, 6.07) is 6.70. The first-order valence-corrected chi connectivity index (χ1v) is 7.85. The molecule has 106 valence electrons. The van der Waals surface area contributed by atoms with Crippen LogP contribution in [0.4, 0.5) is 5.69 Å². The third-order valence-electron chi connectivity index (χ3n) is 4.55. The SMILES string of the molecule is Cc1c(Cl)ccc2c(N[C@H]3CCCC[C@@H]3C)ccnc12. The second kappa shape index (κ2) is 5.61. The highest BCUT2D eigenvalue weighted by Gasteiger charge is 2.21. The topological polar surface area (TPSA) is 24.9 Å². The summed E-state index contributed by atoms with van der Waals surface area (Å²) in [6.45, 7) is 4.38. The van der Waals surface area contributed by atoms with E-state index in [0.717, 1.165) is 22.0 Å². The average molecular weight is 289 g/mol. The van der Waals surface area contributed by atoms with Gasteiger partial charge in [0.1, 0.15) is 0 Å². The van der Waals surface area contributed by atoms with Gasteiger partial charge < -0.3 is 5.32 Å². The van der Waals surface area contributed by atoms with Crippen LogP contribution < -0.4 is 5.32 Å². The lowest BCUT2D eigenvalue weighted by Gasteiger charge is -2.30. The van der Waals surface area contributed by atoms with Gasteiger partial charge in [0.2, 0.25) is 0 Å². The van der Waals surface area contributed by atoms with Gasteiger partial charge in [-0.1, -0.05) is 31.4 Å². The molecule has 0 spiro atoms. The molecule has 1 aliphatic carbocycles. The zero-order valence-electron chi connectivity index (χ0n) is 12.1. The van der Waals surface area contributed by atoms with E-state index in [9.17, 15) is 0 Å². The van der Waals surface area contributed by atoms with Gasteiger partial charge >= 0.3 is 0 Å². The minimum absolute atomic E-state index is 0.574. The van der Waals surface area contributed by atoms with E-state index in [1.54, 1.807) is 0 Å². The molecule has 0 radical (unpaired) electrons. The Morgan fingerprint density at radius 1 is 1.20 bits per heavy atom. The van der Waals surface area contributed by atoms with E-state index < -0.39 is 0 Å². The van der Waals surface area contributed by atoms with Crippen LogP contribution in [0.2, 0.25) is 5.02 Å². The van der Waals surface area contributed by atoms with Gasteiger partial charge in [0, 0.05) is 28.3 Å². The van der Waals surface area contributed by atoms with Crippen LogP contribution in [-0.2, 0) is 0 Å². The summed E-state index contributed by atoms with van der Waals surface area (Å²) >= 11 is 6.19. The predicted octanol–water partition coefficient (Wildman–Crippen LogP) is 5.19. The van der Waals surface area contributed by atoms with Crippen molar-refractivity contribution in [2.75, 3.05) is 5.32 Å². The normalized spacial score (nSPS) is 22.9. The number of benzene rings is 1. The maximum Gasteiger partial charge on any atom is 0.0766 e. The Morgan fingerprint density at radius 2 is 2.00 bits per heavy atom. The largest absolute Gasteiger partial charge is 0.381 e. The molecule has 1 aliphatic rings. The zero-order chi connectivity index (χ0) is 14.1. The van der Waals surface area contributed by atoms with Crippen LogP contribution in [0.3, 0.4) is 0 Å². The molecule has 0 aliphatic heterocycles. The Hall–Kier alpha value is -1.28. The molecule has 0 amide bonds. The monoisotopic (exact) mass is 288 g/mol. The predicted molar refractivity (Wildman–Crippen MR) is 86.5 cm³/mol. The molecule has 2 nitrogen and oxygen atoms in total. The number of anilines is 1. The molecule has 2 atom stereocenters. The van der Waals surface area contributed by atoms with Crippen molar-refractivity contribution in [3.8, 4) is 0 Å². The van der Waals surface area contributed by atoms with Crippen molar-refractivity contribution in [1.29, 1.82) is 0 Å². The van der Waals surface area contributed by atoms with Crippen molar-refractivity contribution in [3.05, 3.63) is 35.0 Å². The lowest BCUT2D eigenvalue weighted by Crippen LogP contribution is -2.30. The van der Waals surface area contributed by atoms with E-state index in [1.165, 1.54) is 36.8 Å². The fourth-order valence-electron chi connectivity index (χ4n) is 3.19. The molecular weight excluding hydrogens is 268 g/mol. The number of aromatic nitrogens is 1. The molecule has 1 N–H and O–H groups in total. The third-order valence-corrected chi connectivity index (χ3v) is 4.96. The summed E-state index contributed by atoms with van der Waals surface area (Å²) < 4.78 is 0. The van der Waals surface area contributed by atoms with E-state index in [4.69, 9.17) is 11.6 Å². The highest BCUT2D eigenvalue weighted by Crippen LogP contribution is 2.32. The molecular formula is C17H21ClN2. The van der Waals surface area contributed by atoms with Crippen LogP contribution in [0.25, 0.3) is 10.9 Å². The number of hydrogen-bond donors (Lipinski definition) is 1. The number of fused-ring (bicyclic) bond motifs is 1. The highest BCUT2D eigenvalue weighted by molar-refractivity contribution is 6.32. The lowest BCUT2D eigenvalue weighted by atomic mass is 9.85. The van der Waals surface area contributed by atoms with Crippen LogP contribution in [0.15, 0.2) is 24.4 Å². The first-order chi connectivity index (χ1) is 9.66. The van der Waals surface area contributed by atoms with E-state index in [2.05, 4.69) is 29.4 Å². The van der Waals surface area contributed by atoms with Crippen molar-refractivity contribution in [1.82, 2.24) is 4.98 Å². The van der Waals surface area contributed by atoms with E-state index in [1.807, 2.05) is 19.2 Å². The van der Waals surface area contributed by atoms with E-state index in [0.29, 0.717) is 6.04 Å². The average Bonchev–Trinajstić information content (AvgIpc) is 2.46. The molecule has 0 unspecified atom stereocenters. The maximum absolute atomic E-state index is 6.19. The minimum Gasteiger partial charge on any atom is -0.381 e. The van der Waals surface area contributed by atoms with E-state index >= 15 is 0 Å². The summed E-state index contributed by atoms with van der Waals surface area (Å²) in [4.78, 5) is 4.49. The number of nitrogens with one attached hydrogen (secondary N) is 1. The third kappa shape index (κ3) is 2.49. The van der Waals surface area contributed by atoms with E-state index in [-0.39, 0.29) is 0 Å². The summed E-state index contributed by atoms with van der Waals surface area (Å²) in [5.41, 5.74) is 3.25. The van der Waals surface area contributed by atoms with Crippen LogP contribution in [-0.4, -0.2) is 11.0 Å². The van der Waals surface area contributed by atoms with Gasteiger partial charge in [0.15, 0.2) is 0 Å². The Balaban J connectivity index is 1.97. The summed E-state index contributed by atoms with van der Waals surface area (Å²) in [6.07, 6.45) is 7.16. The van der Waals surface area contributed by atoms with Crippen molar-refractivity contribution in [2.45, 2.75) is 45.6 Å². The standard InChI is InChI=1S/C17H21ClN2/c1-11-5-3-4-6-15(11)20-16-9-10-19-17-12(2)14(18)8-7-13(16)17/h7-11,15H,3-6H2,1-2H3,(H,19,20)/t11-,15-/m0/s1. The van der Waals surface area contributed by atoms with Gasteiger partial charge in [-0.25, -0.2) is 0 Å². The van der Waals surface area contributed by atoms with Gasteiger partial charge in [0.25, 0.3) is 0 Å². The molecule has 3 heteroatoms. The molecule has 2 aromatic rings. The van der Waals surface area contributed by atoms with Crippen LogP contribution in [0.5, 0.6) is 0 Å². The van der Waals surface area contributed by atoms with Crippen molar-refractivity contribution < 1.29 is 0 Å². The van der Waals surface area contributed by atoms with Crippen molar-refractivity contribution in [3.63, 3.8) is 0 Å². The molecule has 1 aromatic carbocycles. The fourth-order valence-corrected chi connectivity index (χ4v) is 3.34. The Labute approximate surface area is 125 Å². The quantitative estimate of drug-likeness (QED) is 0.823. The first-order valence-electron chi connectivity index (χ1n) is 7.47.